The minimum Gasteiger partial charge on any atom is -0.493 e. The molecule has 1 fully saturated rings. The van der Waals surface area contributed by atoms with E-state index in [1.165, 1.54) is 7.11 Å². The Bertz CT molecular complexity index is 901. The predicted molar refractivity (Wildman–Crippen MR) is 107 cm³/mol. The van der Waals surface area contributed by atoms with Crippen molar-refractivity contribution in [3.63, 3.8) is 0 Å². The first-order chi connectivity index (χ1) is 15.0. The number of fused-ring (bicyclic) bond motifs is 1. The van der Waals surface area contributed by atoms with Crippen LogP contribution in [-0.2, 0) is 17.6 Å². The van der Waals surface area contributed by atoms with Crippen molar-refractivity contribution in [3.8, 4) is 23.0 Å². The number of hydrogen-bond donors (Lipinski definition) is 4. The van der Waals surface area contributed by atoms with Gasteiger partial charge < -0.3 is 44.1 Å². The molecule has 0 aromatic heterocycles. The number of benzene rings is 2. The molecule has 0 radical (unpaired) electrons. The van der Waals surface area contributed by atoms with Crippen LogP contribution in [0.25, 0.3) is 0 Å². The van der Waals surface area contributed by atoms with Crippen LogP contribution in [0.1, 0.15) is 11.1 Å². The largest absolute Gasteiger partial charge is 0.493 e. The highest BCUT2D eigenvalue weighted by molar-refractivity contribution is 5.46. The maximum atomic E-state index is 10.2. The number of methoxy groups -OCH3 is 1. The van der Waals surface area contributed by atoms with Gasteiger partial charge >= 0.3 is 0 Å². The van der Waals surface area contributed by atoms with Crippen molar-refractivity contribution in [2.45, 2.75) is 43.5 Å². The van der Waals surface area contributed by atoms with E-state index in [1.807, 2.05) is 24.3 Å². The van der Waals surface area contributed by atoms with Gasteiger partial charge in [0.2, 0.25) is 13.1 Å². The molecule has 9 nitrogen and oxygen atoms in total. The summed E-state index contributed by atoms with van der Waals surface area (Å²) in [4.78, 5) is 0. The molecule has 4 N–H and O–H groups in total. The van der Waals surface area contributed by atoms with Gasteiger partial charge in [0.25, 0.3) is 0 Å². The molecule has 2 aromatic carbocycles. The molecule has 31 heavy (non-hydrogen) atoms. The third kappa shape index (κ3) is 4.56. The van der Waals surface area contributed by atoms with Crippen LogP contribution in [0.2, 0.25) is 0 Å². The molecule has 0 spiro atoms. The molecule has 9 heteroatoms. The SMILES string of the molecule is COc1ccc(CCc2ccc3c(c2)OCO3)cc1O[C@@H]1O[C@H](CO)[C@@H](O)[C@H](O)[C@H]1O. The van der Waals surface area contributed by atoms with Crippen LogP contribution in [0.15, 0.2) is 36.4 Å². The van der Waals surface area contributed by atoms with E-state index in [1.54, 1.807) is 12.1 Å². The van der Waals surface area contributed by atoms with Gasteiger partial charge in [-0.25, -0.2) is 0 Å². The highest BCUT2D eigenvalue weighted by Crippen LogP contribution is 2.34. The number of hydrogen-bond acceptors (Lipinski definition) is 9. The van der Waals surface area contributed by atoms with E-state index in [2.05, 4.69) is 0 Å². The fourth-order valence-electron chi connectivity index (χ4n) is 3.64. The molecule has 4 rings (SSSR count). The fourth-order valence-corrected chi connectivity index (χ4v) is 3.64. The topological polar surface area (TPSA) is 127 Å². The third-order valence-electron chi connectivity index (χ3n) is 5.46. The fraction of sp³-hybridized carbons (Fsp3) is 0.455. The molecule has 5 atom stereocenters. The Morgan fingerprint density at radius 2 is 1.58 bits per heavy atom. The maximum absolute atomic E-state index is 10.2. The quantitative estimate of drug-likeness (QED) is 0.489. The molecule has 2 aliphatic heterocycles. The molecule has 2 heterocycles. The first kappa shape index (κ1) is 21.7. The normalized spacial score (nSPS) is 27.2. The van der Waals surface area contributed by atoms with Gasteiger partial charge in [0.1, 0.15) is 24.4 Å². The zero-order valence-electron chi connectivity index (χ0n) is 17.0. The summed E-state index contributed by atoms with van der Waals surface area (Å²) < 4.78 is 27.3. The van der Waals surface area contributed by atoms with E-state index >= 15 is 0 Å². The van der Waals surface area contributed by atoms with Crippen molar-refractivity contribution in [1.29, 1.82) is 0 Å². The zero-order chi connectivity index (χ0) is 22.0. The standard InChI is InChI=1S/C22H26O9/c1-27-14-6-4-13(3-2-12-5-7-15-16(8-12)29-11-28-15)9-17(14)30-22-21(26)20(25)19(24)18(10-23)31-22/h4-9,18-26H,2-3,10-11H2,1H3/t18-,19-,20+,21-,22-/m1/s1. The van der Waals surface area contributed by atoms with Crippen LogP contribution in [0.4, 0.5) is 0 Å². The summed E-state index contributed by atoms with van der Waals surface area (Å²) in [7, 11) is 1.49. The Morgan fingerprint density at radius 1 is 0.871 bits per heavy atom. The van der Waals surface area contributed by atoms with Gasteiger partial charge in [0, 0.05) is 0 Å². The summed E-state index contributed by atoms with van der Waals surface area (Å²) in [5.74, 6) is 2.21. The highest BCUT2D eigenvalue weighted by Gasteiger charge is 2.45. The lowest BCUT2D eigenvalue weighted by Crippen LogP contribution is -2.60. The Balaban J connectivity index is 1.47. The molecular formula is C22H26O9. The molecule has 168 valence electrons. The van der Waals surface area contributed by atoms with Gasteiger partial charge in [-0.1, -0.05) is 12.1 Å². The average molecular weight is 434 g/mol. The van der Waals surface area contributed by atoms with Gasteiger partial charge in [0.05, 0.1) is 13.7 Å². The second kappa shape index (κ2) is 9.29. The third-order valence-corrected chi connectivity index (χ3v) is 5.46. The molecule has 0 aliphatic carbocycles. The Morgan fingerprint density at radius 3 is 2.32 bits per heavy atom. The summed E-state index contributed by atoms with van der Waals surface area (Å²) in [6.07, 6.45) is -5.35. The van der Waals surface area contributed by atoms with Crippen LogP contribution in [0, 0.1) is 0 Å². The molecule has 2 aromatic rings. The molecule has 2 aliphatic rings. The first-order valence-electron chi connectivity index (χ1n) is 10.0. The molecule has 1 saturated heterocycles. The van der Waals surface area contributed by atoms with Gasteiger partial charge in [-0.2, -0.15) is 0 Å². The minimum atomic E-state index is -1.52. The van der Waals surface area contributed by atoms with Crippen LogP contribution >= 0.6 is 0 Å². The number of aryl methyl sites for hydroxylation is 2. The number of aliphatic hydroxyl groups excluding tert-OH is 4. The number of aliphatic hydroxyl groups is 4. The van der Waals surface area contributed by atoms with Crippen LogP contribution in [-0.4, -0.2) is 71.6 Å². The van der Waals surface area contributed by atoms with E-state index in [0.717, 1.165) is 29.0 Å². The van der Waals surface area contributed by atoms with Crippen LogP contribution < -0.4 is 18.9 Å². The first-order valence-corrected chi connectivity index (χ1v) is 10.0. The Hall–Kier alpha value is -2.56. The minimum absolute atomic E-state index is 0.232. The van der Waals surface area contributed by atoms with Gasteiger partial charge in [-0.05, 0) is 48.2 Å². The summed E-state index contributed by atoms with van der Waals surface area (Å²) in [6, 6.07) is 11.3. The van der Waals surface area contributed by atoms with Crippen molar-refractivity contribution < 1.29 is 44.1 Å². The molecule has 0 unspecified atom stereocenters. The van der Waals surface area contributed by atoms with E-state index in [-0.39, 0.29) is 6.79 Å². The summed E-state index contributed by atoms with van der Waals surface area (Å²) >= 11 is 0. The maximum Gasteiger partial charge on any atom is 0.231 e. The average Bonchev–Trinajstić information content (AvgIpc) is 3.26. The monoisotopic (exact) mass is 434 g/mol. The van der Waals surface area contributed by atoms with Gasteiger partial charge in [-0.15, -0.1) is 0 Å². The second-order valence-electron chi connectivity index (χ2n) is 7.49. The summed E-state index contributed by atoms with van der Waals surface area (Å²) in [6.45, 7) is -0.298. The summed E-state index contributed by atoms with van der Waals surface area (Å²) in [5.41, 5.74) is 2.05. The molecule has 0 bridgehead atoms. The number of ether oxygens (including phenoxy) is 5. The van der Waals surface area contributed by atoms with Crippen LogP contribution in [0.5, 0.6) is 23.0 Å². The Labute approximate surface area is 179 Å². The van der Waals surface area contributed by atoms with Crippen molar-refractivity contribution in [3.05, 3.63) is 47.5 Å². The van der Waals surface area contributed by atoms with Gasteiger partial charge in [-0.3, -0.25) is 0 Å². The summed E-state index contributed by atoms with van der Waals surface area (Å²) in [5, 5.41) is 39.5. The zero-order valence-corrected chi connectivity index (χ0v) is 17.0. The lowest BCUT2D eigenvalue weighted by Gasteiger charge is -2.39. The second-order valence-corrected chi connectivity index (χ2v) is 7.49. The van der Waals surface area contributed by atoms with Crippen molar-refractivity contribution in [2.75, 3.05) is 20.5 Å². The number of rotatable bonds is 7. The van der Waals surface area contributed by atoms with Gasteiger partial charge in [0.15, 0.2) is 23.0 Å². The molecule has 0 saturated carbocycles. The predicted octanol–water partition coefficient (Wildman–Crippen LogP) is 0.388. The van der Waals surface area contributed by atoms with E-state index < -0.39 is 37.3 Å². The Kier molecular flexibility index (Phi) is 6.49. The van der Waals surface area contributed by atoms with E-state index in [4.69, 9.17) is 23.7 Å². The van der Waals surface area contributed by atoms with E-state index in [0.29, 0.717) is 17.9 Å². The highest BCUT2D eigenvalue weighted by atomic mass is 16.7. The van der Waals surface area contributed by atoms with Crippen LogP contribution in [0.3, 0.4) is 0 Å². The van der Waals surface area contributed by atoms with E-state index in [9.17, 15) is 20.4 Å². The smallest absolute Gasteiger partial charge is 0.231 e. The molecule has 0 amide bonds. The van der Waals surface area contributed by atoms with Crippen molar-refractivity contribution in [1.82, 2.24) is 0 Å². The molecular weight excluding hydrogens is 408 g/mol. The lowest BCUT2D eigenvalue weighted by molar-refractivity contribution is -0.277. The van der Waals surface area contributed by atoms with Crippen molar-refractivity contribution in [2.24, 2.45) is 0 Å². The lowest BCUT2D eigenvalue weighted by atomic mass is 9.99. The van der Waals surface area contributed by atoms with Crippen molar-refractivity contribution >= 4 is 0 Å².